The van der Waals surface area contributed by atoms with E-state index in [9.17, 15) is 22.8 Å². The van der Waals surface area contributed by atoms with Gasteiger partial charge in [-0.3, -0.25) is 9.69 Å². The van der Waals surface area contributed by atoms with Gasteiger partial charge in [-0.2, -0.15) is 13.2 Å². The number of aliphatic carboxylic acids is 1. The number of nitrogens with zero attached hydrogens (tertiary/aromatic N) is 2. The number of imide groups is 1. The highest BCUT2D eigenvalue weighted by Crippen LogP contribution is 2.45. The minimum Gasteiger partial charge on any atom is -0.475 e. The highest BCUT2D eigenvalue weighted by molar-refractivity contribution is 6.20. The van der Waals surface area contributed by atoms with Crippen molar-refractivity contribution in [1.29, 1.82) is 0 Å². The van der Waals surface area contributed by atoms with E-state index in [0.29, 0.717) is 12.2 Å². The van der Waals surface area contributed by atoms with Crippen molar-refractivity contribution in [3.8, 4) is 0 Å². The number of halogens is 3. The number of anilines is 1. The number of hydrogen-bond acceptors (Lipinski definition) is 5. The average Bonchev–Trinajstić information content (AvgIpc) is 2.91. The lowest BCUT2D eigenvalue weighted by molar-refractivity contribution is -0.192. The van der Waals surface area contributed by atoms with Crippen molar-refractivity contribution in [3.05, 3.63) is 29.8 Å². The van der Waals surface area contributed by atoms with Crippen LogP contribution < -0.4 is 4.90 Å². The van der Waals surface area contributed by atoms with Crippen molar-refractivity contribution >= 4 is 23.7 Å². The van der Waals surface area contributed by atoms with Crippen LogP contribution in [0, 0.1) is 5.92 Å². The number of carboxylic acids is 1. The summed E-state index contributed by atoms with van der Waals surface area (Å²) >= 11 is 0. The zero-order chi connectivity index (χ0) is 22.3. The number of para-hydroxylation sites is 1. The SMILES string of the molecule is CC(C)c1ccccc1N1C(=O)OC2(CN3CCC2CC3)C1=O.O=C(O)C(F)(F)F. The lowest BCUT2D eigenvalue weighted by Gasteiger charge is -2.48. The van der Waals surface area contributed by atoms with Gasteiger partial charge in [0.15, 0.2) is 0 Å². The van der Waals surface area contributed by atoms with Crippen molar-refractivity contribution in [2.45, 2.75) is 44.4 Å². The van der Waals surface area contributed by atoms with Crippen LogP contribution in [-0.4, -0.2) is 59.4 Å². The lowest BCUT2D eigenvalue weighted by Crippen LogP contribution is -2.63. The number of piperidine rings is 3. The van der Waals surface area contributed by atoms with Crippen molar-refractivity contribution in [2.75, 3.05) is 24.5 Å². The second-order valence-electron chi connectivity index (χ2n) is 7.96. The minimum absolute atomic E-state index is 0.153. The Balaban J connectivity index is 0.000000318. The quantitative estimate of drug-likeness (QED) is 0.777. The van der Waals surface area contributed by atoms with Gasteiger partial charge in [-0.25, -0.2) is 14.5 Å². The molecule has 0 saturated carbocycles. The molecule has 0 radical (unpaired) electrons. The third-order valence-electron chi connectivity index (χ3n) is 5.76. The molecule has 4 heterocycles. The van der Waals surface area contributed by atoms with Crippen LogP contribution in [0.15, 0.2) is 24.3 Å². The number of fused-ring (bicyclic) bond motifs is 2. The third-order valence-corrected chi connectivity index (χ3v) is 5.76. The number of hydrogen-bond donors (Lipinski definition) is 1. The second-order valence-corrected chi connectivity index (χ2v) is 7.96. The summed E-state index contributed by atoms with van der Waals surface area (Å²) in [5.41, 5.74) is 0.708. The van der Waals surface area contributed by atoms with Gasteiger partial charge in [0.25, 0.3) is 5.91 Å². The van der Waals surface area contributed by atoms with Gasteiger partial charge in [0.1, 0.15) is 0 Å². The molecule has 164 valence electrons. The van der Waals surface area contributed by atoms with Crippen LogP contribution in [-0.2, 0) is 14.3 Å². The van der Waals surface area contributed by atoms with Gasteiger partial charge in [-0.1, -0.05) is 32.0 Å². The molecular formula is C20H23F3N2O5. The summed E-state index contributed by atoms with van der Waals surface area (Å²) in [7, 11) is 0. The van der Waals surface area contributed by atoms with Gasteiger partial charge >= 0.3 is 18.2 Å². The normalized spacial score (nSPS) is 27.9. The molecular weight excluding hydrogens is 405 g/mol. The third kappa shape index (κ3) is 3.88. The Bertz CT molecular complexity index is 849. The largest absolute Gasteiger partial charge is 0.490 e. The van der Waals surface area contributed by atoms with Crippen LogP contribution in [0.1, 0.15) is 38.2 Å². The Labute approximate surface area is 171 Å². The van der Waals surface area contributed by atoms with Crippen LogP contribution in [0.2, 0.25) is 0 Å². The van der Waals surface area contributed by atoms with Gasteiger partial charge in [-0.15, -0.1) is 0 Å². The molecule has 4 aliphatic rings. The number of carbonyl (C=O) groups is 3. The Hall–Kier alpha value is -2.62. The number of carbonyl (C=O) groups excluding carboxylic acids is 2. The number of rotatable bonds is 2. The van der Waals surface area contributed by atoms with Crippen molar-refractivity contribution < 1.29 is 37.4 Å². The van der Waals surface area contributed by atoms with Crippen LogP contribution in [0.3, 0.4) is 0 Å². The van der Waals surface area contributed by atoms with Gasteiger partial charge in [-0.05, 0) is 43.5 Å². The molecule has 10 heteroatoms. The van der Waals surface area contributed by atoms with E-state index in [0.717, 1.165) is 31.5 Å². The first-order chi connectivity index (χ1) is 14.0. The average molecular weight is 428 g/mol. The maximum absolute atomic E-state index is 13.2. The zero-order valence-electron chi connectivity index (χ0n) is 16.6. The maximum atomic E-state index is 13.2. The lowest BCUT2D eigenvalue weighted by atomic mass is 9.75. The van der Waals surface area contributed by atoms with Crippen LogP contribution in [0.4, 0.5) is 23.7 Å². The maximum Gasteiger partial charge on any atom is 0.490 e. The molecule has 30 heavy (non-hydrogen) atoms. The fraction of sp³-hybridized carbons (Fsp3) is 0.550. The van der Waals surface area contributed by atoms with E-state index in [-0.39, 0.29) is 17.7 Å². The topological polar surface area (TPSA) is 87.2 Å². The summed E-state index contributed by atoms with van der Waals surface area (Å²) in [4.78, 5) is 38.2. The molecule has 2 amide bonds. The van der Waals surface area contributed by atoms with Crippen molar-refractivity contribution in [1.82, 2.24) is 4.90 Å². The molecule has 1 spiro atoms. The van der Waals surface area contributed by atoms with E-state index in [4.69, 9.17) is 14.6 Å². The fourth-order valence-corrected chi connectivity index (χ4v) is 4.28. The summed E-state index contributed by atoms with van der Waals surface area (Å²) < 4.78 is 37.5. The fourth-order valence-electron chi connectivity index (χ4n) is 4.28. The summed E-state index contributed by atoms with van der Waals surface area (Å²) in [6.07, 6.45) is -3.74. The first-order valence-electron chi connectivity index (χ1n) is 9.66. The molecule has 5 rings (SSSR count). The molecule has 4 aliphatic heterocycles. The molecule has 1 aromatic rings. The highest BCUT2D eigenvalue weighted by atomic mass is 19.4. The van der Waals surface area contributed by atoms with E-state index in [2.05, 4.69) is 18.7 Å². The van der Waals surface area contributed by atoms with E-state index < -0.39 is 23.8 Å². The number of amides is 2. The predicted octanol–water partition coefficient (Wildman–Crippen LogP) is 3.39. The van der Waals surface area contributed by atoms with Crippen molar-refractivity contribution in [2.24, 2.45) is 5.92 Å². The Kier molecular flexibility index (Phi) is 5.81. The summed E-state index contributed by atoms with van der Waals surface area (Å²) in [6.45, 7) is 6.67. The van der Waals surface area contributed by atoms with Crippen LogP contribution >= 0.6 is 0 Å². The molecule has 1 atom stereocenters. The Morgan fingerprint density at radius 3 is 2.23 bits per heavy atom. The Morgan fingerprint density at radius 1 is 1.20 bits per heavy atom. The second kappa shape index (κ2) is 7.90. The molecule has 0 aliphatic carbocycles. The molecule has 1 N–H and O–H groups in total. The minimum atomic E-state index is -5.08. The zero-order valence-corrected chi connectivity index (χ0v) is 16.6. The molecule has 1 aromatic carbocycles. The van der Waals surface area contributed by atoms with Crippen LogP contribution in [0.5, 0.6) is 0 Å². The van der Waals surface area contributed by atoms with E-state index >= 15 is 0 Å². The standard InChI is InChI=1S/C18H22N2O3.C2HF3O2/c1-12(2)14-5-3-4-6-15(14)20-16(21)18(23-17(20)22)11-19-9-7-13(18)8-10-19;3-2(4,5)1(6)7/h3-6,12-13H,7-11H2,1-2H3;(H,6,7). The molecule has 0 aromatic heterocycles. The van der Waals surface area contributed by atoms with Gasteiger partial charge in [0.2, 0.25) is 5.60 Å². The van der Waals surface area contributed by atoms with Gasteiger partial charge in [0.05, 0.1) is 5.69 Å². The number of carboxylic acid groups (broad SMARTS) is 1. The highest BCUT2D eigenvalue weighted by Gasteiger charge is 2.62. The van der Waals surface area contributed by atoms with Gasteiger partial charge < -0.3 is 9.84 Å². The molecule has 4 saturated heterocycles. The van der Waals surface area contributed by atoms with Crippen LogP contribution in [0.25, 0.3) is 0 Å². The van der Waals surface area contributed by atoms with E-state index in [1.54, 1.807) is 0 Å². The molecule has 4 fully saturated rings. The summed E-state index contributed by atoms with van der Waals surface area (Å²) in [5, 5.41) is 7.12. The smallest absolute Gasteiger partial charge is 0.475 e. The number of ether oxygens (including phenoxy) is 1. The summed E-state index contributed by atoms with van der Waals surface area (Å²) in [6, 6.07) is 7.62. The number of alkyl halides is 3. The molecule has 7 nitrogen and oxygen atoms in total. The number of benzene rings is 1. The first-order valence-corrected chi connectivity index (χ1v) is 9.66. The summed E-state index contributed by atoms with van der Waals surface area (Å²) in [5.74, 6) is -2.55. The monoisotopic (exact) mass is 428 g/mol. The predicted molar refractivity (Wildman–Crippen MR) is 100 cm³/mol. The molecule has 2 bridgehead atoms. The van der Waals surface area contributed by atoms with Gasteiger partial charge in [0, 0.05) is 12.5 Å². The molecule has 1 unspecified atom stereocenters. The Morgan fingerprint density at radius 2 is 1.77 bits per heavy atom. The van der Waals surface area contributed by atoms with Crippen molar-refractivity contribution in [3.63, 3.8) is 0 Å². The van der Waals surface area contributed by atoms with E-state index in [1.165, 1.54) is 4.90 Å². The first kappa shape index (κ1) is 22.1. The van der Waals surface area contributed by atoms with E-state index in [1.807, 2.05) is 24.3 Å².